The summed E-state index contributed by atoms with van der Waals surface area (Å²) in [7, 11) is 0. The lowest BCUT2D eigenvalue weighted by Gasteiger charge is -2.09. The van der Waals surface area contributed by atoms with Gasteiger partial charge in [-0.3, -0.25) is 9.12 Å². The Morgan fingerprint density at radius 2 is 1.84 bits per heavy atom. The molecule has 0 saturated heterocycles. The van der Waals surface area contributed by atoms with Crippen molar-refractivity contribution in [1.29, 1.82) is 0 Å². The van der Waals surface area contributed by atoms with Crippen LogP contribution in [0.5, 0.6) is 5.75 Å². The summed E-state index contributed by atoms with van der Waals surface area (Å²) in [6.45, 7) is 0.904. The molecule has 0 bridgehead atoms. The lowest BCUT2D eigenvalue weighted by Crippen LogP contribution is -2.17. The van der Waals surface area contributed by atoms with Gasteiger partial charge in [-0.2, -0.15) is 18.2 Å². The largest absolute Gasteiger partial charge is 0.505 e. The number of benzene rings is 2. The van der Waals surface area contributed by atoms with Crippen molar-refractivity contribution in [2.24, 2.45) is 0 Å². The molecule has 0 aliphatic carbocycles. The SMILES string of the molecule is Oc1cc(-c2nc3occn3c2-c2ccnc(NCCNSc3ccc(C(F)(F)F)cc3)n2)ccc1F. The van der Waals surface area contributed by atoms with Crippen molar-refractivity contribution >= 4 is 23.7 Å². The third kappa shape index (κ3) is 5.37. The maximum absolute atomic E-state index is 13.6. The molecule has 0 spiro atoms. The van der Waals surface area contributed by atoms with Gasteiger partial charge in [-0.15, -0.1) is 0 Å². The molecule has 0 unspecified atom stereocenters. The molecule has 2 aromatic carbocycles. The Labute approximate surface area is 211 Å². The molecule has 0 aliphatic heterocycles. The van der Waals surface area contributed by atoms with Gasteiger partial charge in [0.1, 0.15) is 17.7 Å². The smallest absolute Gasteiger partial charge is 0.416 e. The minimum Gasteiger partial charge on any atom is -0.505 e. The molecule has 13 heteroatoms. The number of fused-ring (bicyclic) bond motifs is 1. The fourth-order valence-electron chi connectivity index (χ4n) is 3.54. The second kappa shape index (κ2) is 10.1. The zero-order chi connectivity index (χ0) is 26.0. The molecule has 3 aromatic heterocycles. The van der Waals surface area contributed by atoms with Gasteiger partial charge in [0.15, 0.2) is 11.6 Å². The summed E-state index contributed by atoms with van der Waals surface area (Å²) in [5, 5.41) is 12.9. The minimum atomic E-state index is -4.36. The Kier molecular flexibility index (Phi) is 6.72. The summed E-state index contributed by atoms with van der Waals surface area (Å²) in [6, 6.07) is 10.5. The number of halogens is 4. The van der Waals surface area contributed by atoms with Gasteiger partial charge in [0.25, 0.3) is 0 Å². The molecular weight excluding hydrogens is 512 g/mol. The van der Waals surface area contributed by atoms with Crippen LogP contribution in [-0.2, 0) is 6.18 Å². The Morgan fingerprint density at radius 3 is 2.59 bits per heavy atom. The van der Waals surface area contributed by atoms with Gasteiger partial charge in [-0.25, -0.2) is 14.4 Å². The number of aromatic hydroxyl groups is 1. The van der Waals surface area contributed by atoms with E-state index in [0.717, 1.165) is 18.2 Å². The van der Waals surface area contributed by atoms with Crippen LogP contribution in [-0.4, -0.2) is 37.5 Å². The van der Waals surface area contributed by atoms with Crippen molar-refractivity contribution in [1.82, 2.24) is 24.1 Å². The Balaban J connectivity index is 1.26. The van der Waals surface area contributed by atoms with Crippen molar-refractivity contribution < 1.29 is 27.1 Å². The number of phenolic OH excluding ortho intramolecular Hbond substituents is 1. The lowest BCUT2D eigenvalue weighted by molar-refractivity contribution is -0.137. The highest BCUT2D eigenvalue weighted by atomic mass is 32.2. The summed E-state index contributed by atoms with van der Waals surface area (Å²) >= 11 is 1.21. The van der Waals surface area contributed by atoms with Crippen molar-refractivity contribution in [3.8, 4) is 28.4 Å². The molecule has 0 aliphatic rings. The predicted molar refractivity (Wildman–Crippen MR) is 129 cm³/mol. The first-order chi connectivity index (χ1) is 17.8. The molecule has 37 heavy (non-hydrogen) atoms. The molecule has 0 saturated carbocycles. The molecule has 190 valence electrons. The number of nitrogens with zero attached hydrogens (tertiary/aromatic N) is 4. The first-order valence-corrected chi connectivity index (χ1v) is 11.7. The van der Waals surface area contributed by atoms with Crippen molar-refractivity contribution in [3.05, 3.63) is 78.6 Å². The highest BCUT2D eigenvalue weighted by Gasteiger charge is 2.30. The second-order valence-corrected chi connectivity index (χ2v) is 8.71. The fourth-order valence-corrected chi connectivity index (χ4v) is 4.18. The molecule has 0 fully saturated rings. The standard InChI is InChI=1S/C24H18F4N6O2S/c25-17-6-1-14(13-19(17)35)20-21(34-11-12-36-23(34)33-20)18-7-8-29-22(32-18)30-9-10-31-37-16-4-2-15(3-5-16)24(26,27)28/h1-8,11-13,31,35H,9-10H2,(H,29,30,32). The summed E-state index contributed by atoms with van der Waals surface area (Å²) in [6.07, 6.45) is 0.345. The van der Waals surface area contributed by atoms with E-state index >= 15 is 0 Å². The van der Waals surface area contributed by atoms with Gasteiger partial charge < -0.3 is 14.8 Å². The molecule has 3 N–H and O–H groups in total. The zero-order valence-corrected chi connectivity index (χ0v) is 19.6. The molecular formula is C24H18F4N6O2S. The van der Waals surface area contributed by atoms with E-state index in [4.69, 9.17) is 4.42 Å². The predicted octanol–water partition coefficient (Wildman–Crippen LogP) is 5.62. The van der Waals surface area contributed by atoms with Crippen LogP contribution in [0, 0.1) is 5.82 Å². The highest BCUT2D eigenvalue weighted by molar-refractivity contribution is 7.97. The summed E-state index contributed by atoms with van der Waals surface area (Å²) in [5.41, 5.74) is 1.30. The number of nitrogens with one attached hydrogen (secondary N) is 2. The number of alkyl halides is 3. The van der Waals surface area contributed by atoms with Crippen LogP contribution in [0.3, 0.4) is 0 Å². The Hall–Kier alpha value is -4.10. The van der Waals surface area contributed by atoms with Crippen molar-refractivity contribution in [3.63, 3.8) is 0 Å². The normalized spacial score (nSPS) is 11.8. The van der Waals surface area contributed by atoms with Crippen molar-refractivity contribution in [2.45, 2.75) is 11.1 Å². The number of phenols is 1. The monoisotopic (exact) mass is 530 g/mol. The van der Waals surface area contributed by atoms with Crippen LogP contribution in [0.25, 0.3) is 28.5 Å². The number of oxazole rings is 1. The van der Waals surface area contributed by atoms with Gasteiger partial charge in [0.05, 0.1) is 11.3 Å². The lowest BCUT2D eigenvalue weighted by atomic mass is 10.1. The molecule has 8 nitrogen and oxygen atoms in total. The fraction of sp³-hybridized carbons (Fsp3) is 0.125. The topological polar surface area (TPSA) is 101 Å². The first kappa shape index (κ1) is 24.6. The third-order valence-corrected chi connectivity index (χ3v) is 6.12. The average Bonchev–Trinajstić information content (AvgIpc) is 3.47. The van der Waals surface area contributed by atoms with E-state index in [-0.39, 0.29) is 0 Å². The average molecular weight is 531 g/mol. The van der Waals surface area contributed by atoms with E-state index in [0.29, 0.717) is 52.4 Å². The number of rotatable bonds is 8. The van der Waals surface area contributed by atoms with Crippen LogP contribution in [0.2, 0.25) is 0 Å². The zero-order valence-electron chi connectivity index (χ0n) is 18.8. The van der Waals surface area contributed by atoms with E-state index in [1.807, 2.05) is 0 Å². The quantitative estimate of drug-likeness (QED) is 0.135. The second-order valence-electron chi connectivity index (χ2n) is 7.74. The van der Waals surface area contributed by atoms with Crippen LogP contribution in [0.1, 0.15) is 5.56 Å². The molecule has 0 atom stereocenters. The van der Waals surface area contributed by atoms with E-state index in [9.17, 15) is 22.7 Å². The van der Waals surface area contributed by atoms with Crippen LogP contribution in [0.4, 0.5) is 23.5 Å². The summed E-state index contributed by atoms with van der Waals surface area (Å²) in [4.78, 5) is 13.9. The van der Waals surface area contributed by atoms with E-state index < -0.39 is 23.3 Å². The molecule has 5 aromatic rings. The Morgan fingerprint density at radius 1 is 1.03 bits per heavy atom. The highest BCUT2D eigenvalue weighted by Crippen LogP contribution is 2.34. The van der Waals surface area contributed by atoms with Crippen LogP contribution >= 0.6 is 11.9 Å². The summed E-state index contributed by atoms with van der Waals surface area (Å²) in [5.74, 6) is -0.608. The van der Waals surface area contributed by atoms with E-state index in [1.165, 1.54) is 42.5 Å². The van der Waals surface area contributed by atoms with Gasteiger partial charge in [-0.05, 0) is 60.5 Å². The molecule has 5 rings (SSSR count). The minimum absolute atomic E-state index is 0.298. The van der Waals surface area contributed by atoms with E-state index in [2.05, 4.69) is 25.0 Å². The third-order valence-electron chi connectivity index (χ3n) is 5.26. The van der Waals surface area contributed by atoms with Gasteiger partial charge in [-0.1, -0.05) is 0 Å². The molecule has 0 radical (unpaired) electrons. The van der Waals surface area contributed by atoms with Gasteiger partial charge in [0.2, 0.25) is 5.95 Å². The van der Waals surface area contributed by atoms with Gasteiger partial charge >= 0.3 is 12.0 Å². The van der Waals surface area contributed by atoms with Crippen LogP contribution < -0.4 is 10.0 Å². The molecule has 0 amide bonds. The van der Waals surface area contributed by atoms with E-state index in [1.54, 1.807) is 22.9 Å². The number of aromatic nitrogens is 4. The number of anilines is 1. The first-order valence-electron chi connectivity index (χ1n) is 10.9. The van der Waals surface area contributed by atoms with Crippen molar-refractivity contribution in [2.75, 3.05) is 18.4 Å². The maximum Gasteiger partial charge on any atom is 0.416 e. The number of hydrogen-bond acceptors (Lipinski definition) is 8. The molecule has 3 heterocycles. The maximum atomic E-state index is 13.6. The Bertz CT molecular complexity index is 1530. The number of imidazole rings is 1. The number of hydrogen-bond donors (Lipinski definition) is 3. The van der Waals surface area contributed by atoms with Crippen LogP contribution in [0.15, 0.2) is 76.5 Å². The van der Waals surface area contributed by atoms with Gasteiger partial charge in [0, 0.05) is 35.9 Å². The summed E-state index contributed by atoms with van der Waals surface area (Å²) < 4.78 is 61.8.